The third-order valence-corrected chi connectivity index (χ3v) is 3.80. The highest BCUT2D eigenvalue weighted by Crippen LogP contribution is 2.21. The van der Waals surface area contributed by atoms with Crippen LogP contribution in [-0.4, -0.2) is 25.9 Å². The highest BCUT2D eigenvalue weighted by atomic mass is 19.1. The molecule has 0 unspecified atom stereocenters. The van der Waals surface area contributed by atoms with Crippen LogP contribution in [0.25, 0.3) is 0 Å². The highest BCUT2D eigenvalue weighted by molar-refractivity contribution is 5.96. The summed E-state index contributed by atoms with van der Waals surface area (Å²) in [7, 11) is 0. The number of hydrogen-bond donors (Lipinski definition) is 3. The third kappa shape index (κ3) is 4.57. The van der Waals surface area contributed by atoms with Gasteiger partial charge in [-0.25, -0.2) is 4.39 Å². The van der Waals surface area contributed by atoms with E-state index < -0.39 is 5.91 Å². The van der Waals surface area contributed by atoms with Gasteiger partial charge in [0, 0.05) is 24.8 Å². The van der Waals surface area contributed by atoms with E-state index in [0.717, 1.165) is 11.3 Å². The molecule has 0 aliphatic heterocycles. The lowest BCUT2D eigenvalue weighted by Crippen LogP contribution is -2.17. The van der Waals surface area contributed by atoms with Gasteiger partial charge in [-0.3, -0.25) is 9.48 Å². The van der Waals surface area contributed by atoms with Gasteiger partial charge in [-0.1, -0.05) is 12.1 Å². The summed E-state index contributed by atoms with van der Waals surface area (Å²) in [5.74, 6) is -0.615. The first-order chi connectivity index (χ1) is 12.9. The zero-order chi connectivity index (χ0) is 19.4. The summed E-state index contributed by atoms with van der Waals surface area (Å²) in [4.78, 5) is 11.6. The van der Waals surface area contributed by atoms with Crippen LogP contribution in [0.3, 0.4) is 0 Å². The molecule has 140 valence electrons. The molecule has 0 fully saturated rings. The molecule has 0 aliphatic rings. The van der Waals surface area contributed by atoms with Gasteiger partial charge in [0.15, 0.2) is 11.5 Å². The molecule has 3 rings (SSSR count). The molecule has 27 heavy (non-hydrogen) atoms. The van der Waals surface area contributed by atoms with Gasteiger partial charge in [-0.05, 0) is 31.5 Å². The van der Waals surface area contributed by atoms with Crippen molar-refractivity contribution in [3.63, 3.8) is 0 Å². The SMILES string of the molecule is CC(C)n1cc(Nc2cc(NCc3cccc(F)c3)c(C(N)=O)nn2)cn1. The second kappa shape index (κ2) is 7.81. The predicted molar refractivity (Wildman–Crippen MR) is 100 cm³/mol. The van der Waals surface area contributed by atoms with Gasteiger partial charge >= 0.3 is 0 Å². The number of hydrogen-bond acceptors (Lipinski definition) is 6. The number of amides is 1. The van der Waals surface area contributed by atoms with Crippen LogP contribution in [0.2, 0.25) is 0 Å². The fraction of sp³-hybridized carbons (Fsp3) is 0.222. The van der Waals surface area contributed by atoms with E-state index >= 15 is 0 Å². The molecule has 1 aromatic carbocycles. The Kier molecular flexibility index (Phi) is 5.30. The van der Waals surface area contributed by atoms with Crippen molar-refractivity contribution in [2.75, 3.05) is 10.6 Å². The maximum Gasteiger partial charge on any atom is 0.271 e. The second-order valence-electron chi connectivity index (χ2n) is 6.27. The molecule has 0 atom stereocenters. The molecular formula is C18H20FN7O. The monoisotopic (exact) mass is 369 g/mol. The molecule has 2 heterocycles. The van der Waals surface area contributed by atoms with E-state index in [1.807, 2.05) is 20.0 Å². The zero-order valence-corrected chi connectivity index (χ0v) is 15.0. The number of aromatic nitrogens is 4. The van der Waals surface area contributed by atoms with Crippen LogP contribution in [0.5, 0.6) is 0 Å². The van der Waals surface area contributed by atoms with Gasteiger partial charge in [0.05, 0.1) is 17.6 Å². The normalized spacial score (nSPS) is 10.8. The number of carbonyl (C=O) groups is 1. The van der Waals surface area contributed by atoms with E-state index in [2.05, 4.69) is 25.9 Å². The molecule has 4 N–H and O–H groups in total. The van der Waals surface area contributed by atoms with E-state index in [4.69, 9.17) is 5.73 Å². The van der Waals surface area contributed by atoms with Crippen molar-refractivity contribution in [1.29, 1.82) is 0 Å². The van der Waals surface area contributed by atoms with Crippen molar-refractivity contribution < 1.29 is 9.18 Å². The predicted octanol–water partition coefficient (Wildman–Crippen LogP) is 2.85. The maximum atomic E-state index is 13.3. The second-order valence-corrected chi connectivity index (χ2v) is 6.27. The first-order valence-corrected chi connectivity index (χ1v) is 8.39. The van der Waals surface area contributed by atoms with Gasteiger partial charge in [-0.15, -0.1) is 10.2 Å². The lowest BCUT2D eigenvalue weighted by molar-refractivity contribution is 0.0995. The van der Waals surface area contributed by atoms with Crippen LogP contribution in [0.1, 0.15) is 35.9 Å². The third-order valence-electron chi connectivity index (χ3n) is 3.80. The number of primary amides is 1. The molecule has 8 nitrogen and oxygen atoms in total. The Labute approximate surface area is 155 Å². The number of nitrogens with one attached hydrogen (secondary N) is 2. The number of anilines is 3. The van der Waals surface area contributed by atoms with Crippen LogP contribution in [0.15, 0.2) is 42.7 Å². The number of nitrogens with two attached hydrogens (primary N) is 1. The number of carbonyl (C=O) groups excluding carboxylic acids is 1. The summed E-state index contributed by atoms with van der Waals surface area (Å²) in [6.07, 6.45) is 3.51. The van der Waals surface area contributed by atoms with Crippen LogP contribution in [-0.2, 0) is 6.54 Å². The average molecular weight is 369 g/mol. The van der Waals surface area contributed by atoms with E-state index in [-0.39, 0.29) is 17.6 Å². The van der Waals surface area contributed by atoms with Crippen molar-refractivity contribution in [2.24, 2.45) is 5.73 Å². The number of halogens is 1. The minimum Gasteiger partial charge on any atom is -0.379 e. The van der Waals surface area contributed by atoms with Crippen LogP contribution >= 0.6 is 0 Å². The van der Waals surface area contributed by atoms with Crippen molar-refractivity contribution in [2.45, 2.75) is 26.4 Å². The molecular weight excluding hydrogens is 349 g/mol. The Morgan fingerprint density at radius 1 is 1.30 bits per heavy atom. The Morgan fingerprint density at radius 2 is 2.11 bits per heavy atom. The Bertz CT molecular complexity index is 954. The van der Waals surface area contributed by atoms with Crippen molar-refractivity contribution >= 4 is 23.1 Å². The summed E-state index contributed by atoms with van der Waals surface area (Å²) in [5, 5.41) is 18.3. The van der Waals surface area contributed by atoms with Crippen LogP contribution < -0.4 is 16.4 Å². The van der Waals surface area contributed by atoms with Crippen LogP contribution in [0, 0.1) is 5.82 Å². The van der Waals surface area contributed by atoms with Gasteiger partial charge in [0.25, 0.3) is 5.91 Å². The van der Waals surface area contributed by atoms with E-state index in [1.165, 1.54) is 12.1 Å². The molecule has 3 aromatic rings. The quantitative estimate of drug-likeness (QED) is 0.591. The van der Waals surface area contributed by atoms with Gasteiger partial charge in [0.1, 0.15) is 5.82 Å². The molecule has 0 aliphatic carbocycles. The molecule has 2 aromatic heterocycles. The number of benzene rings is 1. The molecule has 1 amide bonds. The number of nitrogens with zero attached hydrogens (tertiary/aromatic N) is 4. The van der Waals surface area contributed by atoms with Gasteiger partial charge < -0.3 is 16.4 Å². The van der Waals surface area contributed by atoms with E-state index in [9.17, 15) is 9.18 Å². The summed E-state index contributed by atoms with van der Waals surface area (Å²) in [6.45, 7) is 4.34. The lowest BCUT2D eigenvalue weighted by Gasteiger charge is -2.11. The van der Waals surface area contributed by atoms with Crippen molar-refractivity contribution in [3.05, 3.63) is 59.8 Å². The molecule has 0 saturated carbocycles. The van der Waals surface area contributed by atoms with Crippen molar-refractivity contribution in [3.8, 4) is 0 Å². The first-order valence-electron chi connectivity index (χ1n) is 8.39. The summed E-state index contributed by atoms with van der Waals surface area (Å²) >= 11 is 0. The first kappa shape index (κ1) is 18.3. The minimum atomic E-state index is -0.705. The Hall–Kier alpha value is -3.49. The topological polar surface area (TPSA) is 111 Å². The summed E-state index contributed by atoms with van der Waals surface area (Å²) in [5.41, 5.74) is 7.24. The Morgan fingerprint density at radius 3 is 2.78 bits per heavy atom. The Balaban J connectivity index is 1.80. The van der Waals surface area contributed by atoms with E-state index in [0.29, 0.717) is 18.1 Å². The number of rotatable bonds is 7. The van der Waals surface area contributed by atoms with Crippen LogP contribution in [0.4, 0.5) is 21.6 Å². The lowest BCUT2D eigenvalue weighted by atomic mass is 10.2. The molecule has 0 bridgehead atoms. The van der Waals surface area contributed by atoms with E-state index in [1.54, 1.807) is 29.1 Å². The average Bonchev–Trinajstić information content (AvgIpc) is 3.09. The van der Waals surface area contributed by atoms with Gasteiger partial charge in [-0.2, -0.15) is 5.10 Å². The largest absolute Gasteiger partial charge is 0.379 e. The summed E-state index contributed by atoms with van der Waals surface area (Å²) < 4.78 is 15.1. The minimum absolute atomic E-state index is 0.00910. The molecule has 9 heteroatoms. The van der Waals surface area contributed by atoms with Crippen molar-refractivity contribution in [1.82, 2.24) is 20.0 Å². The fourth-order valence-electron chi connectivity index (χ4n) is 2.45. The standard InChI is InChI=1S/C18H20FN7O/c1-11(2)26-10-14(9-22-26)23-16-7-15(17(18(20)27)25-24-16)21-8-12-4-3-5-13(19)6-12/h3-7,9-11H,8H2,1-2H3,(H2,20,27)(H2,21,23,24). The highest BCUT2D eigenvalue weighted by Gasteiger charge is 2.13. The molecule has 0 saturated heterocycles. The fourth-order valence-corrected chi connectivity index (χ4v) is 2.45. The van der Waals surface area contributed by atoms with Gasteiger partial charge in [0.2, 0.25) is 0 Å². The molecule has 0 spiro atoms. The summed E-state index contributed by atoms with van der Waals surface area (Å²) in [6, 6.07) is 8.02. The smallest absolute Gasteiger partial charge is 0.271 e. The molecule has 0 radical (unpaired) electrons. The zero-order valence-electron chi connectivity index (χ0n) is 15.0. The maximum absolute atomic E-state index is 13.3.